The lowest BCUT2D eigenvalue weighted by atomic mass is 10.2. The Bertz CT molecular complexity index is 955. The van der Waals surface area contributed by atoms with Crippen molar-refractivity contribution in [1.29, 1.82) is 0 Å². The molecule has 0 spiro atoms. The van der Waals surface area contributed by atoms with Crippen LogP contribution in [0.3, 0.4) is 0 Å². The second-order valence-corrected chi connectivity index (χ2v) is 6.55. The van der Waals surface area contributed by atoms with Crippen LogP contribution in [0, 0.1) is 0 Å². The van der Waals surface area contributed by atoms with E-state index in [0.717, 1.165) is 11.3 Å². The minimum Gasteiger partial charge on any atom is -0.482 e. The minimum absolute atomic E-state index is 0.0697. The Kier molecular flexibility index (Phi) is 4.37. The molecule has 130 valence electrons. The van der Waals surface area contributed by atoms with Crippen LogP contribution in [0.2, 0.25) is 0 Å². The molecule has 1 aliphatic heterocycles. The maximum Gasteiger partial charge on any atom is 0.265 e. The summed E-state index contributed by atoms with van der Waals surface area (Å²) in [6, 6.07) is 16.9. The first-order chi connectivity index (χ1) is 12.7. The molecule has 0 radical (unpaired) electrons. The number of amides is 2. The molecule has 4 rings (SSSR count). The number of nitrogens with zero attached hydrogens (tertiary/aromatic N) is 2. The third-order valence-corrected chi connectivity index (χ3v) is 4.69. The molecular formula is C19H15N3O3S. The first-order valence-corrected chi connectivity index (χ1v) is 8.91. The zero-order valence-electron chi connectivity index (χ0n) is 13.7. The molecule has 26 heavy (non-hydrogen) atoms. The number of ether oxygens (including phenoxy) is 1. The van der Waals surface area contributed by atoms with Crippen molar-refractivity contribution in [3.8, 4) is 17.0 Å². The second-order valence-electron chi connectivity index (χ2n) is 5.69. The fourth-order valence-electron chi connectivity index (χ4n) is 2.70. The van der Waals surface area contributed by atoms with E-state index in [1.807, 2.05) is 41.8 Å². The molecule has 0 bridgehead atoms. The number of rotatable bonds is 4. The van der Waals surface area contributed by atoms with E-state index in [-0.39, 0.29) is 25.0 Å². The number of thiazole rings is 1. The fraction of sp³-hybridized carbons (Fsp3) is 0.105. The van der Waals surface area contributed by atoms with Gasteiger partial charge >= 0.3 is 0 Å². The maximum atomic E-state index is 12.4. The van der Waals surface area contributed by atoms with Gasteiger partial charge in [0.1, 0.15) is 12.3 Å². The molecule has 6 nitrogen and oxygen atoms in total. The summed E-state index contributed by atoms with van der Waals surface area (Å²) in [5, 5.41) is 5.16. The van der Waals surface area contributed by atoms with Crippen LogP contribution in [0.1, 0.15) is 0 Å². The van der Waals surface area contributed by atoms with Crippen molar-refractivity contribution >= 4 is 34.0 Å². The first-order valence-electron chi connectivity index (χ1n) is 8.04. The normalized spacial score (nSPS) is 13.1. The number of hydrogen-bond donors (Lipinski definition) is 1. The summed E-state index contributed by atoms with van der Waals surface area (Å²) in [5.41, 5.74) is 2.39. The van der Waals surface area contributed by atoms with Crippen molar-refractivity contribution in [2.75, 3.05) is 23.4 Å². The smallest absolute Gasteiger partial charge is 0.265 e. The van der Waals surface area contributed by atoms with E-state index in [1.165, 1.54) is 16.2 Å². The zero-order chi connectivity index (χ0) is 17.9. The summed E-state index contributed by atoms with van der Waals surface area (Å²) in [6.07, 6.45) is 0. The summed E-state index contributed by atoms with van der Waals surface area (Å²) in [4.78, 5) is 30.4. The van der Waals surface area contributed by atoms with Crippen molar-refractivity contribution in [3.05, 3.63) is 60.0 Å². The minimum atomic E-state index is -0.302. The zero-order valence-corrected chi connectivity index (χ0v) is 14.5. The van der Waals surface area contributed by atoms with Gasteiger partial charge in [0, 0.05) is 10.9 Å². The highest BCUT2D eigenvalue weighted by Gasteiger charge is 2.27. The summed E-state index contributed by atoms with van der Waals surface area (Å²) in [7, 11) is 0. The number of para-hydroxylation sites is 2. The molecule has 1 aromatic heterocycles. The Hall–Kier alpha value is -3.19. The van der Waals surface area contributed by atoms with Gasteiger partial charge in [0.2, 0.25) is 5.91 Å². The molecule has 0 saturated carbocycles. The van der Waals surface area contributed by atoms with Crippen molar-refractivity contribution in [2.45, 2.75) is 0 Å². The summed E-state index contributed by atoms with van der Waals surface area (Å²) >= 11 is 1.35. The van der Waals surface area contributed by atoms with Crippen molar-refractivity contribution in [2.24, 2.45) is 0 Å². The Labute approximate surface area is 154 Å². The molecule has 1 N–H and O–H groups in total. The predicted octanol–water partition coefficient (Wildman–Crippen LogP) is 3.17. The number of nitrogens with one attached hydrogen (secondary N) is 1. The quantitative estimate of drug-likeness (QED) is 0.771. The van der Waals surface area contributed by atoms with Gasteiger partial charge in [-0.3, -0.25) is 14.5 Å². The van der Waals surface area contributed by atoms with E-state index in [2.05, 4.69) is 10.3 Å². The number of aromatic nitrogens is 1. The van der Waals surface area contributed by atoms with Crippen molar-refractivity contribution in [3.63, 3.8) is 0 Å². The Morgan fingerprint density at radius 1 is 1.15 bits per heavy atom. The molecule has 3 aromatic rings. The van der Waals surface area contributed by atoms with E-state index >= 15 is 0 Å². The number of fused-ring (bicyclic) bond motifs is 1. The topological polar surface area (TPSA) is 71.5 Å². The molecule has 0 atom stereocenters. The van der Waals surface area contributed by atoms with Crippen LogP contribution in [-0.2, 0) is 9.59 Å². The molecule has 7 heteroatoms. The van der Waals surface area contributed by atoms with Crippen LogP contribution < -0.4 is 15.0 Å². The van der Waals surface area contributed by atoms with Gasteiger partial charge in [0.25, 0.3) is 5.91 Å². The summed E-state index contributed by atoms with van der Waals surface area (Å²) in [5.74, 6) is 0.0486. The Balaban J connectivity index is 1.47. The number of benzene rings is 2. The molecular weight excluding hydrogens is 350 g/mol. The molecule has 0 fully saturated rings. The second kappa shape index (κ2) is 6.97. The lowest BCUT2D eigenvalue weighted by molar-refractivity contribution is -0.123. The SMILES string of the molecule is O=C(CN1C(=O)COc2ccccc21)Nc1nc(-c2ccccc2)cs1. The van der Waals surface area contributed by atoms with Crippen LogP contribution >= 0.6 is 11.3 Å². The number of hydrogen-bond acceptors (Lipinski definition) is 5. The lowest BCUT2D eigenvalue weighted by Crippen LogP contribution is -2.43. The predicted molar refractivity (Wildman–Crippen MR) is 100 cm³/mol. The number of carbonyl (C=O) groups is 2. The number of anilines is 2. The summed E-state index contributed by atoms with van der Waals surface area (Å²) in [6.45, 7) is -0.154. The highest BCUT2D eigenvalue weighted by Crippen LogP contribution is 2.31. The van der Waals surface area contributed by atoms with E-state index in [4.69, 9.17) is 4.74 Å². The molecule has 0 unspecified atom stereocenters. The molecule has 0 saturated heterocycles. The van der Waals surface area contributed by atoms with E-state index in [0.29, 0.717) is 16.6 Å². The third kappa shape index (κ3) is 3.29. The van der Waals surface area contributed by atoms with E-state index in [9.17, 15) is 9.59 Å². The lowest BCUT2D eigenvalue weighted by Gasteiger charge is -2.28. The highest BCUT2D eigenvalue weighted by atomic mass is 32.1. The largest absolute Gasteiger partial charge is 0.482 e. The van der Waals surface area contributed by atoms with Gasteiger partial charge in [0.15, 0.2) is 11.7 Å². The van der Waals surface area contributed by atoms with Crippen LogP contribution in [0.25, 0.3) is 11.3 Å². The van der Waals surface area contributed by atoms with Crippen molar-refractivity contribution < 1.29 is 14.3 Å². The number of carbonyl (C=O) groups excluding carboxylic acids is 2. The molecule has 2 amide bonds. The average Bonchev–Trinajstić information content (AvgIpc) is 3.13. The highest BCUT2D eigenvalue weighted by molar-refractivity contribution is 7.14. The standard InChI is InChI=1S/C19H15N3O3S/c23-17(10-22-15-8-4-5-9-16(15)25-11-18(22)24)21-19-20-14(12-26-19)13-6-2-1-3-7-13/h1-9,12H,10-11H2,(H,20,21,23). The van der Waals surface area contributed by atoms with Crippen LogP contribution in [0.5, 0.6) is 5.75 Å². The molecule has 2 heterocycles. The van der Waals surface area contributed by atoms with Gasteiger partial charge in [-0.25, -0.2) is 4.98 Å². The fourth-order valence-corrected chi connectivity index (χ4v) is 3.44. The van der Waals surface area contributed by atoms with E-state index < -0.39 is 0 Å². The average molecular weight is 365 g/mol. The van der Waals surface area contributed by atoms with Gasteiger partial charge in [-0.1, -0.05) is 42.5 Å². The maximum absolute atomic E-state index is 12.4. The first kappa shape index (κ1) is 16.3. The van der Waals surface area contributed by atoms with Gasteiger partial charge in [-0.15, -0.1) is 11.3 Å². The molecule has 0 aliphatic carbocycles. The molecule has 2 aromatic carbocycles. The summed E-state index contributed by atoms with van der Waals surface area (Å²) < 4.78 is 5.38. The molecule has 1 aliphatic rings. The van der Waals surface area contributed by atoms with Gasteiger partial charge in [-0.05, 0) is 12.1 Å². The van der Waals surface area contributed by atoms with Gasteiger partial charge in [0.05, 0.1) is 11.4 Å². The van der Waals surface area contributed by atoms with Crippen LogP contribution in [0.4, 0.5) is 10.8 Å². The van der Waals surface area contributed by atoms with Crippen LogP contribution in [0.15, 0.2) is 60.0 Å². The van der Waals surface area contributed by atoms with Crippen LogP contribution in [-0.4, -0.2) is 29.9 Å². The Morgan fingerprint density at radius 2 is 1.92 bits per heavy atom. The monoisotopic (exact) mass is 365 g/mol. The third-order valence-electron chi connectivity index (χ3n) is 3.93. The van der Waals surface area contributed by atoms with Gasteiger partial charge in [-0.2, -0.15) is 0 Å². The van der Waals surface area contributed by atoms with Crippen molar-refractivity contribution in [1.82, 2.24) is 4.98 Å². The van der Waals surface area contributed by atoms with Gasteiger partial charge < -0.3 is 10.1 Å². The van der Waals surface area contributed by atoms with E-state index in [1.54, 1.807) is 18.2 Å². The Morgan fingerprint density at radius 3 is 2.77 bits per heavy atom.